The Balaban J connectivity index is 1.52. The van der Waals surface area contributed by atoms with Crippen molar-refractivity contribution in [3.63, 3.8) is 0 Å². The molecule has 0 radical (unpaired) electrons. The van der Waals surface area contributed by atoms with Crippen molar-refractivity contribution >= 4 is 26.5 Å². The zero-order chi connectivity index (χ0) is 23.9. The summed E-state index contributed by atoms with van der Waals surface area (Å²) in [7, 11) is -3.93. The fourth-order valence-electron chi connectivity index (χ4n) is 4.85. The number of aromatic nitrogens is 1. The molecule has 2 fully saturated rings. The first kappa shape index (κ1) is 23.0. The fourth-order valence-corrected chi connectivity index (χ4v) is 6.38. The van der Waals surface area contributed by atoms with Gasteiger partial charge in [0.2, 0.25) is 0 Å². The van der Waals surface area contributed by atoms with Gasteiger partial charge in [-0.15, -0.1) is 0 Å². The Kier molecular flexibility index (Phi) is 5.94. The average molecular weight is 480 g/mol. The molecule has 178 valence electrons. The van der Waals surface area contributed by atoms with Gasteiger partial charge in [0.25, 0.3) is 0 Å². The highest BCUT2D eigenvalue weighted by molar-refractivity contribution is 7.92. The van der Waals surface area contributed by atoms with Gasteiger partial charge in [0, 0.05) is 29.2 Å². The molecule has 5 rings (SSSR count). The van der Waals surface area contributed by atoms with Gasteiger partial charge < -0.3 is 9.47 Å². The first-order chi connectivity index (χ1) is 16.3. The topological polar surface area (TPSA) is 82.6 Å². The third-order valence-corrected chi connectivity index (χ3v) is 8.38. The van der Waals surface area contributed by atoms with Crippen LogP contribution in [-0.4, -0.2) is 38.2 Å². The Bertz CT molecular complexity index is 1350. The number of aryl methyl sites for hydroxylation is 1. The van der Waals surface area contributed by atoms with Crippen molar-refractivity contribution in [3.05, 3.63) is 65.4 Å². The molecule has 1 atom stereocenters. The monoisotopic (exact) mass is 479 g/mol. The van der Waals surface area contributed by atoms with Crippen LogP contribution < -0.4 is 4.74 Å². The summed E-state index contributed by atoms with van der Waals surface area (Å²) < 4.78 is 39.0. The lowest BCUT2D eigenvalue weighted by Gasteiger charge is -2.29. The highest BCUT2D eigenvalue weighted by Gasteiger charge is 2.47. The summed E-state index contributed by atoms with van der Waals surface area (Å²) in [6.07, 6.45) is 3.34. The van der Waals surface area contributed by atoms with Gasteiger partial charge in [0.05, 0.1) is 17.0 Å². The lowest BCUT2D eigenvalue weighted by atomic mass is 9.85. The molecule has 1 saturated heterocycles. The van der Waals surface area contributed by atoms with E-state index in [2.05, 4.69) is 4.98 Å². The zero-order valence-electron chi connectivity index (χ0n) is 19.5. The molecule has 3 aromatic rings. The van der Waals surface area contributed by atoms with E-state index in [1.54, 1.807) is 12.1 Å². The van der Waals surface area contributed by atoms with Crippen LogP contribution in [0.1, 0.15) is 55.3 Å². The van der Waals surface area contributed by atoms with Gasteiger partial charge in [-0.3, -0.25) is 9.78 Å². The molecule has 0 unspecified atom stereocenters. The molecule has 0 amide bonds. The molecule has 1 aliphatic heterocycles. The van der Waals surface area contributed by atoms with Crippen molar-refractivity contribution in [2.24, 2.45) is 0 Å². The van der Waals surface area contributed by atoms with E-state index in [4.69, 9.17) is 9.47 Å². The van der Waals surface area contributed by atoms with Gasteiger partial charge in [-0.25, -0.2) is 8.42 Å². The van der Waals surface area contributed by atoms with Gasteiger partial charge in [-0.05, 0) is 75.9 Å². The van der Waals surface area contributed by atoms with Crippen LogP contribution in [-0.2, 0) is 25.0 Å². The first-order valence-corrected chi connectivity index (χ1v) is 13.5. The maximum absolute atomic E-state index is 13.7. The predicted molar refractivity (Wildman–Crippen MR) is 130 cm³/mol. The molecule has 1 saturated carbocycles. The van der Waals surface area contributed by atoms with Gasteiger partial charge in [0.1, 0.15) is 11.5 Å². The fraction of sp³-hybridized carbons (Fsp3) is 0.407. The Morgan fingerprint density at radius 1 is 1.18 bits per heavy atom. The first-order valence-electron chi connectivity index (χ1n) is 11.9. The molecule has 2 heterocycles. The van der Waals surface area contributed by atoms with Crippen molar-refractivity contribution in [3.8, 4) is 5.75 Å². The van der Waals surface area contributed by atoms with Crippen LogP contribution in [0.15, 0.2) is 53.4 Å². The number of carbonyl (C=O) groups is 1. The number of hydrogen-bond acceptors (Lipinski definition) is 6. The number of ketones is 1. The number of ether oxygens (including phenoxy) is 2. The minimum atomic E-state index is -3.93. The molecule has 0 spiro atoms. The number of rotatable bonds is 8. The summed E-state index contributed by atoms with van der Waals surface area (Å²) in [4.78, 5) is 18.6. The Hall–Kier alpha value is -2.77. The summed E-state index contributed by atoms with van der Waals surface area (Å²) in [6.45, 7) is 4.64. The number of hydrogen-bond donors (Lipinski definition) is 0. The molecule has 6 nitrogen and oxygen atoms in total. The van der Waals surface area contributed by atoms with Crippen molar-refractivity contribution in [1.29, 1.82) is 0 Å². The minimum absolute atomic E-state index is 0.135. The molecule has 7 heteroatoms. The molecule has 1 aliphatic carbocycles. The molecule has 2 aromatic carbocycles. The smallest absolute Gasteiger partial charge is 0.186 e. The number of benzene rings is 2. The summed E-state index contributed by atoms with van der Waals surface area (Å²) in [6, 6.07) is 14.4. The van der Waals surface area contributed by atoms with Crippen molar-refractivity contribution in [1.82, 2.24) is 4.98 Å². The van der Waals surface area contributed by atoms with Crippen molar-refractivity contribution < 1.29 is 22.7 Å². The molecule has 0 N–H and O–H groups in total. The van der Waals surface area contributed by atoms with Crippen LogP contribution in [0.3, 0.4) is 0 Å². The lowest BCUT2D eigenvalue weighted by molar-refractivity contribution is -0.137. The lowest BCUT2D eigenvalue weighted by Crippen LogP contribution is -2.39. The highest BCUT2D eigenvalue weighted by Crippen LogP contribution is 2.43. The second-order valence-electron chi connectivity index (χ2n) is 9.23. The third-order valence-electron chi connectivity index (χ3n) is 6.71. The van der Waals surface area contributed by atoms with E-state index in [0.717, 1.165) is 24.1 Å². The van der Waals surface area contributed by atoms with E-state index in [-0.39, 0.29) is 4.90 Å². The third kappa shape index (κ3) is 4.12. The Labute approximate surface area is 200 Å². The summed E-state index contributed by atoms with van der Waals surface area (Å²) in [5.41, 5.74) is 1.88. The maximum Gasteiger partial charge on any atom is 0.186 e. The number of fused-ring (bicyclic) bond motifs is 1. The summed E-state index contributed by atoms with van der Waals surface area (Å²) in [5, 5.41) is 0.548. The average Bonchev–Trinajstić information content (AvgIpc) is 3.55. The summed E-state index contributed by atoms with van der Waals surface area (Å²) in [5.74, 6) is -0.0750. The normalized spacial score (nSPS) is 20.5. The quantitative estimate of drug-likeness (QED) is 0.459. The van der Waals surface area contributed by atoms with E-state index < -0.39 is 27.0 Å². The molecule has 2 aliphatic rings. The minimum Gasteiger partial charge on any atom is -0.493 e. The molecule has 34 heavy (non-hydrogen) atoms. The Morgan fingerprint density at radius 2 is 2.00 bits per heavy atom. The number of carbonyl (C=O) groups excluding carboxylic acids is 1. The molecule has 0 bridgehead atoms. The van der Waals surface area contributed by atoms with Gasteiger partial charge >= 0.3 is 0 Å². The van der Waals surface area contributed by atoms with Crippen LogP contribution in [0.2, 0.25) is 0 Å². The van der Waals surface area contributed by atoms with Gasteiger partial charge in [-0.1, -0.05) is 17.7 Å². The van der Waals surface area contributed by atoms with Crippen LogP contribution in [0.25, 0.3) is 10.9 Å². The second-order valence-corrected chi connectivity index (χ2v) is 11.2. The van der Waals surface area contributed by atoms with E-state index in [9.17, 15) is 13.2 Å². The standard InChI is InChI=1S/C27H29NO5S/c1-3-32-24-13-8-18(2)16-21(24)27(14-5-15-33-27)26(29)17-34(30,31)25-7-4-6-23-20(25)11-12-22(28-23)19-9-10-19/h4,6-8,11-13,16,19H,3,5,9-10,14-15,17H2,1-2H3/t27-/m1/s1. The molecule has 1 aromatic heterocycles. The largest absolute Gasteiger partial charge is 0.493 e. The zero-order valence-corrected chi connectivity index (χ0v) is 20.4. The van der Waals surface area contributed by atoms with E-state index in [1.807, 2.05) is 50.2 Å². The second kappa shape index (κ2) is 8.78. The van der Waals surface area contributed by atoms with E-state index in [1.165, 1.54) is 0 Å². The number of nitrogens with zero attached hydrogens (tertiary/aromatic N) is 1. The van der Waals surface area contributed by atoms with Crippen molar-refractivity contribution in [2.75, 3.05) is 19.0 Å². The van der Waals surface area contributed by atoms with Crippen molar-refractivity contribution in [2.45, 2.75) is 55.9 Å². The number of pyridine rings is 1. The van der Waals surface area contributed by atoms with Crippen LogP contribution in [0.5, 0.6) is 5.75 Å². The SMILES string of the molecule is CCOc1ccc(C)cc1[C@@]1(C(=O)CS(=O)(=O)c2cccc3nc(C4CC4)ccc23)CCCO1. The molecular formula is C27H29NO5S. The van der Waals surface area contributed by atoms with Gasteiger partial charge in [-0.2, -0.15) is 0 Å². The van der Waals surface area contributed by atoms with Crippen LogP contribution in [0, 0.1) is 6.92 Å². The van der Waals surface area contributed by atoms with Crippen LogP contribution in [0.4, 0.5) is 0 Å². The number of sulfone groups is 1. The van der Waals surface area contributed by atoms with Gasteiger partial charge in [0.15, 0.2) is 21.2 Å². The van der Waals surface area contributed by atoms with E-state index >= 15 is 0 Å². The number of Topliss-reactive ketones (excluding diaryl/α,β-unsaturated/α-hetero) is 1. The highest BCUT2D eigenvalue weighted by atomic mass is 32.2. The Morgan fingerprint density at radius 3 is 2.71 bits per heavy atom. The molecular weight excluding hydrogens is 450 g/mol. The summed E-state index contributed by atoms with van der Waals surface area (Å²) >= 11 is 0. The maximum atomic E-state index is 13.7. The predicted octanol–water partition coefficient (Wildman–Crippen LogP) is 4.87. The van der Waals surface area contributed by atoms with Crippen LogP contribution >= 0.6 is 0 Å². The van der Waals surface area contributed by atoms with E-state index in [0.29, 0.717) is 54.2 Å².